The summed E-state index contributed by atoms with van der Waals surface area (Å²) in [5.74, 6) is -0.267. The van der Waals surface area contributed by atoms with Crippen LogP contribution in [0.15, 0.2) is 82.5 Å². The molecule has 1 amide bonds. The van der Waals surface area contributed by atoms with Gasteiger partial charge in [0.05, 0.1) is 16.0 Å². The molecule has 0 spiro atoms. The fourth-order valence-electron chi connectivity index (χ4n) is 3.99. The number of carbonyl (C=O) groups excluding carboxylic acids is 1. The highest BCUT2D eigenvalue weighted by Gasteiger charge is 2.19. The molecule has 9 heteroatoms. The zero-order valence-electron chi connectivity index (χ0n) is 19.5. The molecule has 0 atom stereocenters. The van der Waals surface area contributed by atoms with Crippen LogP contribution in [-0.4, -0.2) is 30.7 Å². The number of fused-ring (bicyclic) bond motifs is 1. The average molecular weight is 491 g/mol. The first kappa shape index (κ1) is 24.3. The number of nitrogens with zero attached hydrogens (tertiary/aromatic N) is 3. The number of rotatable bonds is 7. The molecule has 0 aliphatic heterocycles. The number of aromatic nitrogens is 2. The van der Waals surface area contributed by atoms with Crippen LogP contribution >= 0.6 is 0 Å². The van der Waals surface area contributed by atoms with Gasteiger partial charge in [0.15, 0.2) is 0 Å². The van der Waals surface area contributed by atoms with E-state index >= 15 is 0 Å². The molecule has 8 nitrogen and oxygen atoms in total. The Hall–Kier alpha value is -3.82. The van der Waals surface area contributed by atoms with E-state index in [1.807, 2.05) is 31.2 Å². The van der Waals surface area contributed by atoms with Crippen molar-refractivity contribution in [3.05, 3.63) is 88.7 Å². The molecular weight excluding hydrogens is 464 g/mol. The summed E-state index contributed by atoms with van der Waals surface area (Å²) in [4.78, 5) is 28.0. The molecule has 1 heterocycles. The number of carbonyl (C=O) groups is 1. The van der Waals surface area contributed by atoms with E-state index in [-0.39, 0.29) is 22.9 Å². The Balaban J connectivity index is 1.76. The van der Waals surface area contributed by atoms with Crippen LogP contribution in [0.3, 0.4) is 0 Å². The van der Waals surface area contributed by atoms with Gasteiger partial charge in [-0.25, -0.2) is 18.2 Å². The van der Waals surface area contributed by atoms with Gasteiger partial charge in [-0.15, -0.1) is 0 Å². The molecule has 4 rings (SSSR count). The minimum Gasteiger partial charge on any atom is -0.311 e. The molecule has 0 aliphatic carbocycles. The van der Waals surface area contributed by atoms with Gasteiger partial charge in [0.25, 0.3) is 5.56 Å². The summed E-state index contributed by atoms with van der Waals surface area (Å²) in [7, 11) is -3.84. The first-order valence-electron chi connectivity index (χ1n) is 11.2. The molecule has 0 bridgehead atoms. The normalized spacial score (nSPS) is 11.5. The van der Waals surface area contributed by atoms with Gasteiger partial charge in [-0.1, -0.05) is 49.4 Å². The van der Waals surface area contributed by atoms with Gasteiger partial charge < -0.3 is 4.90 Å². The molecule has 0 aliphatic rings. The Morgan fingerprint density at radius 3 is 2.14 bits per heavy atom. The third kappa shape index (κ3) is 5.01. The standard InChI is InChI=1S/C26H26N4O4S/c1-3-18-9-13-20(14-10-18)29(4-2)24(31)17-30-26(32)23-8-6-5-7-22(23)25(28-30)19-11-15-21(16-12-19)35(27,33)34/h5-16H,3-4,17H2,1-2H3,(H2,27,33,34). The number of benzene rings is 3. The van der Waals surface area contributed by atoms with Gasteiger partial charge in [-0.3, -0.25) is 9.59 Å². The van der Waals surface area contributed by atoms with Crippen molar-refractivity contribution in [3.8, 4) is 11.3 Å². The van der Waals surface area contributed by atoms with Crippen molar-refractivity contribution >= 4 is 32.4 Å². The summed E-state index contributed by atoms with van der Waals surface area (Å²) in [5, 5.41) is 10.7. The molecule has 0 radical (unpaired) electrons. The van der Waals surface area contributed by atoms with E-state index < -0.39 is 10.0 Å². The highest BCUT2D eigenvalue weighted by Crippen LogP contribution is 2.26. The van der Waals surface area contributed by atoms with E-state index in [0.29, 0.717) is 28.6 Å². The number of likely N-dealkylation sites (N-methyl/N-ethyl adjacent to an activating group) is 1. The van der Waals surface area contributed by atoms with Crippen molar-refractivity contribution < 1.29 is 13.2 Å². The first-order valence-corrected chi connectivity index (χ1v) is 12.8. The minimum atomic E-state index is -3.84. The molecule has 3 aromatic carbocycles. The van der Waals surface area contributed by atoms with Crippen LogP contribution in [0.25, 0.3) is 22.0 Å². The number of amides is 1. The van der Waals surface area contributed by atoms with Crippen molar-refractivity contribution in [3.63, 3.8) is 0 Å². The Bertz CT molecular complexity index is 1540. The van der Waals surface area contributed by atoms with E-state index in [9.17, 15) is 18.0 Å². The number of anilines is 1. The predicted molar refractivity (Wildman–Crippen MR) is 137 cm³/mol. The van der Waals surface area contributed by atoms with Gasteiger partial charge >= 0.3 is 0 Å². The van der Waals surface area contributed by atoms with Gasteiger partial charge in [0.1, 0.15) is 6.54 Å². The summed E-state index contributed by atoms with van der Waals surface area (Å²) in [5.41, 5.74) is 2.60. The fraction of sp³-hybridized carbons (Fsp3) is 0.192. The maximum atomic E-state index is 13.2. The second kappa shape index (κ2) is 9.81. The van der Waals surface area contributed by atoms with E-state index in [0.717, 1.165) is 16.8 Å². The quantitative estimate of drug-likeness (QED) is 0.427. The van der Waals surface area contributed by atoms with Crippen molar-refractivity contribution in [1.29, 1.82) is 0 Å². The lowest BCUT2D eigenvalue weighted by molar-refractivity contribution is -0.119. The molecule has 1 aromatic heterocycles. The van der Waals surface area contributed by atoms with E-state index in [1.165, 1.54) is 17.7 Å². The maximum absolute atomic E-state index is 13.2. The highest BCUT2D eigenvalue weighted by atomic mass is 32.2. The van der Waals surface area contributed by atoms with Crippen molar-refractivity contribution in [2.75, 3.05) is 11.4 Å². The van der Waals surface area contributed by atoms with Crippen LogP contribution in [0.4, 0.5) is 5.69 Å². The number of sulfonamides is 1. The summed E-state index contributed by atoms with van der Waals surface area (Å²) in [6.45, 7) is 4.14. The highest BCUT2D eigenvalue weighted by molar-refractivity contribution is 7.89. The number of primary sulfonamides is 1. The Kier molecular flexibility index (Phi) is 6.81. The lowest BCUT2D eigenvalue weighted by atomic mass is 10.1. The number of hydrogen-bond acceptors (Lipinski definition) is 5. The zero-order chi connectivity index (χ0) is 25.2. The largest absolute Gasteiger partial charge is 0.311 e. The number of nitrogens with two attached hydrogens (primary N) is 1. The predicted octanol–water partition coefficient (Wildman–Crippen LogP) is 3.33. The van der Waals surface area contributed by atoms with Crippen LogP contribution in [0.1, 0.15) is 19.4 Å². The summed E-state index contributed by atoms with van der Waals surface area (Å²) >= 11 is 0. The second-order valence-electron chi connectivity index (χ2n) is 8.08. The molecule has 35 heavy (non-hydrogen) atoms. The maximum Gasteiger partial charge on any atom is 0.275 e. The number of hydrogen-bond donors (Lipinski definition) is 1. The third-order valence-corrected chi connectivity index (χ3v) is 6.81. The zero-order valence-corrected chi connectivity index (χ0v) is 20.3. The molecule has 0 fully saturated rings. The average Bonchev–Trinajstić information content (AvgIpc) is 2.86. The molecular formula is C26H26N4O4S. The van der Waals surface area contributed by atoms with Crippen LogP contribution in [0.5, 0.6) is 0 Å². The van der Waals surface area contributed by atoms with E-state index in [2.05, 4.69) is 12.0 Å². The van der Waals surface area contributed by atoms with E-state index in [1.54, 1.807) is 41.3 Å². The van der Waals surface area contributed by atoms with Crippen molar-refractivity contribution in [1.82, 2.24) is 9.78 Å². The summed E-state index contributed by atoms with van der Waals surface area (Å²) in [6, 6.07) is 20.7. The second-order valence-corrected chi connectivity index (χ2v) is 9.65. The molecule has 0 unspecified atom stereocenters. The Morgan fingerprint density at radius 1 is 0.943 bits per heavy atom. The smallest absolute Gasteiger partial charge is 0.275 e. The molecule has 0 saturated heterocycles. The van der Waals surface area contributed by atoms with E-state index in [4.69, 9.17) is 5.14 Å². The summed E-state index contributed by atoms with van der Waals surface area (Å²) < 4.78 is 24.4. The third-order valence-electron chi connectivity index (χ3n) is 5.88. The van der Waals surface area contributed by atoms with Crippen LogP contribution < -0.4 is 15.6 Å². The summed E-state index contributed by atoms with van der Waals surface area (Å²) in [6.07, 6.45) is 0.901. The Labute approximate surface area is 203 Å². The van der Waals surface area contributed by atoms with Crippen LogP contribution in [0.2, 0.25) is 0 Å². The topological polar surface area (TPSA) is 115 Å². The van der Waals surface area contributed by atoms with Gasteiger partial charge in [0, 0.05) is 23.2 Å². The molecule has 180 valence electrons. The first-order chi connectivity index (χ1) is 16.7. The van der Waals surface area contributed by atoms with Crippen molar-refractivity contribution in [2.24, 2.45) is 5.14 Å². The molecule has 4 aromatic rings. The van der Waals surface area contributed by atoms with Crippen LogP contribution in [0, 0.1) is 0 Å². The SMILES string of the molecule is CCc1ccc(N(CC)C(=O)Cn2nc(-c3ccc(S(N)(=O)=O)cc3)c3ccccc3c2=O)cc1. The molecule has 2 N–H and O–H groups in total. The van der Waals surface area contributed by atoms with Gasteiger partial charge in [-0.2, -0.15) is 5.10 Å². The molecule has 0 saturated carbocycles. The lowest BCUT2D eigenvalue weighted by Crippen LogP contribution is -2.37. The Morgan fingerprint density at radius 2 is 1.57 bits per heavy atom. The lowest BCUT2D eigenvalue weighted by Gasteiger charge is -2.22. The monoisotopic (exact) mass is 490 g/mol. The van der Waals surface area contributed by atoms with Crippen LogP contribution in [-0.2, 0) is 27.8 Å². The number of aryl methyl sites for hydroxylation is 1. The fourth-order valence-corrected chi connectivity index (χ4v) is 4.50. The van der Waals surface area contributed by atoms with Crippen molar-refractivity contribution in [2.45, 2.75) is 31.7 Å². The van der Waals surface area contributed by atoms with Gasteiger partial charge in [0.2, 0.25) is 15.9 Å². The minimum absolute atomic E-state index is 0.0262. The van der Waals surface area contributed by atoms with Gasteiger partial charge in [-0.05, 0) is 49.2 Å².